The zero-order valence-corrected chi connectivity index (χ0v) is 8.96. The van der Waals surface area contributed by atoms with Crippen LogP contribution in [-0.2, 0) is 5.54 Å². The maximum atomic E-state index is 6.28. The van der Waals surface area contributed by atoms with E-state index in [4.69, 9.17) is 5.73 Å². The maximum absolute atomic E-state index is 6.28. The third-order valence-corrected chi connectivity index (χ3v) is 3.47. The molecule has 3 rings (SSSR count). The summed E-state index contributed by atoms with van der Waals surface area (Å²) in [4.78, 5) is 0. The van der Waals surface area contributed by atoms with Crippen LogP contribution in [0.1, 0.15) is 24.0 Å². The summed E-state index contributed by atoms with van der Waals surface area (Å²) in [7, 11) is 0. The van der Waals surface area contributed by atoms with Gasteiger partial charge >= 0.3 is 0 Å². The largest absolute Gasteiger partial charge is 0.321 e. The minimum atomic E-state index is -0.0344. The van der Waals surface area contributed by atoms with Gasteiger partial charge in [-0.3, -0.25) is 0 Å². The number of hydrogen-bond acceptors (Lipinski definition) is 1. The van der Waals surface area contributed by atoms with Gasteiger partial charge in [0.05, 0.1) is 0 Å². The van der Waals surface area contributed by atoms with Crippen molar-refractivity contribution in [3.05, 3.63) is 47.5 Å². The van der Waals surface area contributed by atoms with Gasteiger partial charge in [0.2, 0.25) is 0 Å². The second-order valence-electron chi connectivity index (χ2n) is 4.63. The number of aryl methyl sites for hydroxylation is 1. The van der Waals surface area contributed by atoms with Gasteiger partial charge in [-0.2, -0.15) is 0 Å². The smallest absolute Gasteiger partial charge is 0.0417 e. The van der Waals surface area contributed by atoms with Crippen LogP contribution in [0, 0.1) is 6.92 Å². The molecule has 0 heterocycles. The van der Waals surface area contributed by atoms with Crippen molar-refractivity contribution in [1.82, 2.24) is 0 Å². The predicted molar refractivity (Wildman–Crippen MR) is 63.8 cm³/mol. The van der Waals surface area contributed by atoms with Gasteiger partial charge in [0.1, 0.15) is 0 Å². The molecular formula is C14H15N. The topological polar surface area (TPSA) is 26.0 Å². The quantitative estimate of drug-likeness (QED) is 0.747. The van der Waals surface area contributed by atoms with Crippen molar-refractivity contribution in [1.29, 1.82) is 0 Å². The molecule has 0 bridgehead atoms. The summed E-state index contributed by atoms with van der Waals surface area (Å²) in [6.45, 7) is 2.15. The van der Waals surface area contributed by atoms with E-state index in [1.807, 2.05) is 0 Å². The van der Waals surface area contributed by atoms with E-state index < -0.39 is 0 Å². The second kappa shape index (κ2) is 2.83. The molecule has 2 aromatic carbocycles. The van der Waals surface area contributed by atoms with Gasteiger partial charge in [-0.1, -0.05) is 36.4 Å². The number of hydrogen-bond donors (Lipinski definition) is 1. The number of nitrogens with two attached hydrogens (primary N) is 1. The molecule has 1 aliphatic carbocycles. The van der Waals surface area contributed by atoms with Gasteiger partial charge in [-0.05, 0) is 41.7 Å². The zero-order chi connectivity index (χ0) is 10.5. The highest BCUT2D eigenvalue weighted by molar-refractivity contribution is 5.89. The Morgan fingerprint density at radius 2 is 1.67 bits per heavy atom. The molecule has 1 saturated carbocycles. The van der Waals surface area contributed by atoms with Crippen LogP contribution < -0.4 is 5.73 Å². The van der Waals surface area contributed by atoms with Crippen molar-refractivity contribution >= 4 is 10.8 Å². The summed E-state index contributed by atoms with van der Waals surface area (Å²) < 4.78 is 0. The lowest BCUT2D eigenvalue weighted by molar-refractivity contribution is 0.748. The van der Waals surface area contributed by atoms with Crippen LogP contribution in [0.3, 0.4) is 0 Å². The molecule has 0 unspecified atom stereocenters. The van der Waals surface area contributed by atoms with Crippen molar-refractivity contribution < 1.29 is 0 Å². The van der Waals surface area contributed by atoms with E-state index in [2.05, 4.69) is 43.3 Å². The Balaban J connectivity index is 2.36. The Kier molecular flexibility index (Phi) is 1.68. The minimum absolute atomic E-state index is 0.0344. The molecule has 1 fully saturated rings. The molecule has 0 radical (unpaired) electrons. The predicted octanol–water partition coefficient (Wildman–Crippen LogP) is 3.10. The Hall–Kier alpha value is -1.34. The molecular weight excluding hydrogens is 182 g/mol. The molecule has 1 heteroatoms. The monoisotopic (exact) mass is 197 g/mol. The normalized spacial score (nSPS) is 18.0. The average Bonchev–Trinajstić information content (AvgIpc) is 2.98. The molecule has 1 nitrogen and oxygen atoms in total. The summed E-state index contributed by atoms with van der Waals surface area (Å²) in [5.74, 6) is 0. The summed E-state index contributed by atoms with van der Waals surface area (Å²) in [6, 6.07) is 12.9. The lowest BCUT2D eigenvalue weighted by atomic mass is 9.95. The summed E-state index contributed by atoms with van der Waals surface area (Å²) in [5.41, 5.74) is 8.90. The highest BCUT2D eigenvalue weighted by atomic mass is 14.8. The summed E-state index contributed by atoms with van der Waals surface area (Å²) in [6.07, 6.45) is 2.25. The van der Waals surface area contributed by atoms with Crippen molar-refractivity contribution in [2.45, 2.75) is 25.3 Å². The molecule has 2 N–H and O–H groups in total. The highest BCUT2D eigenvalue weighted by Gasteiger charge is 2.40. The van der Waals surface area contributed by atoms with Gasteiger partial charge in [0.25, 0.3) is 0 Å². The summed E-state index contributed by atoms with van der Waals surface area (Å²) in [5, 5.41) is 2.67. The van der Waals surface area contributed by atoms with Crippen LogP contribution in [0.4, 0.5) is 0 Å². The SMILES string of the molecule is Cc1cccc2c(C3(N)CC3)cccc12. The van der Waals surface area contributed by atoms with Gasteiger partial charge in [0, 0.05) is 5.54 Å². The molecule has 0 spiro atoms. The molecule has 0 amide bonds. The lowest BCUT2D eigenvalue weighted by Gasteiger charge is -2.13. The highest BCUT2D eigenvalue weighted by Crippen LogP contribution is 2.45. The molecule has 0 aromatic heterocycles. The number of rotatable bonds is 1. The molecule has 0 aliphatic heterocycles. The van der Waals surface area contributed by atoms with Gasteiger partial charge in [-0.25, -0.2) is 0 Å². The Bertz CT molecular complexity index is 524. The Morgan fingerprint density at radius 3 is 2.40 bits per heavy atom. The fourth-order valence-electron chi connectivity index (χ4n) is 2.31. The Labute approximate surface area is 89.9 Å². The van der Waals surface area contributed by atoms with Crippen molar-refractivity contribution in [3.63, 3.8) is 0 Å². The van der Waals surface area contributed by atoms with E-state index in [1.165, 1.54) is 21.9 Å². The third kappa shape index (κ3) is 1.27. The first-order chi connectivity index (χ1) is 7.21. The van der Waals surface area contributed by atoms with E-state index in [-0.39, 0.29) is 5.54 Å². The molecule has 0 atom stereocenters. The first-order valence-electron chi connectivity index (χ1n) is 5.48. The van der Waals surface area contributed by atoms with Crippen molar-refractivity contribution in [3.8, 4) is 0 Å². The molecule has 2 aromatic rings. The van der Waals surface area contributed by atoms with Crippen LogP contribution in [0.2, 0.25) is 0 Å². The van der Waals surface area contributed by atoms with E-state index in [0.717, 1.165) is 12.8 Å². The second-order valence-corrected chi connectivity index (χ2v) is 4.63. The first-order valence-corrected chi connectivity index (χ1v) is 5.48. The molecule has 1 aliphatic rings. The van der Waals surface area contributed by atoms with Gasteiger partial charge in [0.15, 0.2) is 0 Å². The minimum Gasteiger partial charge on any atom is -0.321 e. The lowest BCUT2D eigenvalue weighted by Crippen LogP contribution is -2.18. The number of benzene rings is 2. The standard InChI is InChI=1S/C14H15N/c1-10-4-2-6-12-11(10)5-3-7-13(12)14(15)8-9-14/h2-7H,8-9,15H2,1H3. The van der Waals surface area contributed by atoms with Crippen LogP contribution >= 0.6 is 0 Å². The zero-order valence-electron chi connectivity index (χ0n) is 8.96. The van der Waals surface area contributed by atoms with E-state index in [1.54, 1.807) is 0 Å². The average molecular weight is 197 g/mol. The third-order valence-electron chi connectivity index (χ3n) is 3.47. The van der Waals surface area contributed by atoms with Crippen LogP contribution in [0.15, 0.2) is 36.4 Å². The number of fused-ring (bicyclic) bond motifs is 1. The van der Waals surface area contributed by atoms with E-state index >= 15 is 0 Å². The van der Waals surface area contributed by atoms with Crippen LogP contribution in [0.5, 0.6) is 0 Å². The van der Waals surface area contributed by atoms with Crippen LogP contribution in [-0.4, -0.2) is 0 Å². The summed E-state index contributed by atoms with van der Waals surface area (Å²) >= 11 is 0. The molecule has 15 heavy (non-hydrogen) atoms. The Morgan fingerprint density at radius 1 is 1.00 bits per heavy atom. The first kappa shape index (κ1) is 8.93. The fourth-order valence-corrected chi connectivity index (χ4v) is 2.31. The molecule has 76 valence electrons. The van der Waals surface area contributed by atoms with E-state index in [9.17, 15) is 0 Å². The van der Waals surface area contributed by atoms with E-state index in [0.29, 0.717) is 0 Å². The van der Waals surface area contributed by atoms with Crippen molar-refractivity contribution in [2.24, 2.45) is 5.73 Å². The van der Waals surface area contributed by atoms with Gasteiger partial charge < -0.3 is 5.73 Å². The maximum Gasteiger partial charge on any atom is 0.0417 e. The molecule has 0 saturated heterocycles. The fraction of sp³-hybridized carbons (Fsp3) is 0.286. The van der Waals surface area contributed by atoms with Gasteiger partial charge in [-0.15, -0.1) is 0 Å². The van der Waals surface area contributed by atoms with Crippen LogP contribution in [0.25, 0.3) is 10.8 Å². The van der Waals surface area contributed by atoms with Crippen molar-refractivity contribution in [2.75, 3.05) is 0 Å².